The molecule has 2 aromatic rings. The van der Waals surface area contributed by atoms with Crippen molar-refractivity contribution < 1.29 is 26.7 Å². The number of halogens is 3. The summed E-state index contributed by atoms with van der Waals surface area (Å²) in [6.45, 7) is 2.71. The molecular weight excluding hydrogens is 739 g/mol. The second-order valence-corrected chi connectivity index (χ2v) is 18.1. The van der Waals surface area contributed by atoms with E-state index < -0.39 is 38.0 Å². The van der Waals surface area contributed by atoms with E-state index in [2.05, 4.69) is 30.5 Å². The Bertz CT molecular complexity index is 1610. The van der Waals surface area contributed by atoms with Gasteiger partial charge in [0.2, 0.25) is 20.0 Å². The Morgan fingerprint density at radius 3 is 2.20 bits per heavy atom. The molecule has 2 saturated heterocycles. The molecule has 0 radical (unpaired) electrons. The van der Waals surface area contributed by atoms with Crippen molar-refractivity contribution >= 4 is 70.8 Å². The highest BCUT2D eigenvalue weighted by atomic mass is 79.9. The number of nitrogens with zero attached hydrogens (tertiary/aromatic N) is 3. The standard InChI is InChI=1S/C31H41BrCl2N4O6S2/c32-27-18-26(20-35-30(27)34)46(43,44)38-15-11-22(12-16-38)4-1-3-21-9-13-37(14-10-21)29-8-7-25(19-28(29)33)45(41,42)36-24-6-2-5-23(17-24)31(39)40/h7-8,18-24,36H,1-6,9-17H2,(H,39,40). The van der Waals surface area contributed by atoms with Crippen LogP contribution in [0, 0.1) is 17.8 Å². The number of nitrogens with one attached hydrogen (secondary N) is 1. The zero-order valence-electron chi connectivity index (χ0n) is 25.6. The van der Waals surface area contributed by atoms with Crippen molar-refractivity contribution in [3.8, 4) is 0 Å². The fourth-order valence-electron chi connectivity index (χ4n) is 7.01. The number of benzene rings is 1. The summed E-state index contributed by atoms with van der Waals surface area (Å²) in [4.78, 5) is 17.8. The molecule has 46 heavy (non-hydrogen) atoms. The predicted molar refractivity (Wildman–Crippen MR) is 182 cm³/mol. The highest BCUT2D eigenvalue weighted by Gasteiger charge is 2.32. The van der Waals surface area contributed by atoms with Crippen LogP contribution in [0.25, 0.3) is 0 Å². The molecule has 0 spiro atoms. The first-order valence-electron chi connectivity index (χ1n) is 15.9. The smallest absolute Gasteiger partial charge is 0.306 e. The lowest BCUT2D eigenvalue weighted by atomic mass is 9.86. The van der Waals surface area contributed by atoms with Gasteiger partial charge in [-0.25, -0.2) is 26.5 Å². The zero-order valence-corrected chi connectivity index (χ0v) is 30.3. The maximum Gasteiger partial charge on any atom is 0.306 e. The minimum Gasteiger partial charge on any atom is -0.481 e. The van der Waals surface area contributed by atoms with Gasteiger partial charge in [0.15, 0.2) is 0 Å². The van der Waals surface area contributed by atoms with Crippen LogP contribution in [0.3, 0.4) is 0 Å². The molecule has 3 heterocycles. The van der Waals surface area contributed by atoms with E-state index in [9.17, 15) is 26.7 Å². The third-order valence-electron chi connectivity index (χ3n) is 9.74. The van der Waals surface area contributed by atoms with E-state index in [1.54, 1.807) is 16.4 Å². The Labute approximate surface area is 290 Å². The minimum atomic E-state index is -3.82. The molecule has 2 unspecified atom stereocenters. The molecule has 15 heteroatoms. The lowest BCUT2D eigenvalue weighted by Gasteiger charge is -2.35. The van der Waals surface area contributed by atoms with Crippen molar-refractivity contribution in [2.75, 3.05) is 31.1 Å². The summed E-state index contributed by atoms with van der Waals surface area (Å²) >= 11 is 15.8. The molecule has 0 amide bonds. The summed E-state index contributed by atoms with van der Waals surface area (Å²) in [6, 6.07) is 5.95. The van der Waals surface area contributed by atoms with Crippen LogP contribution >= 0.6 is 39.1 Å². The van der Waals surface area contributed by atoms with Crippen LogP contribution in [-0.2, 0) is 24.8 Å². The van der Waals surface area contributed by atoms with E-state index in [1.807, 2.05) is 0 Å². The molecule has 5 rings (SSSR count). The van der Waals surface area contributed by atoms with E-state index in [-0.39, 0.29) is 14.9 Å². The fraction of sp³-hybridized carbons (Fsp3) is 0.613. The number of aromatic nitrogens is 1. The number of hydrogen-bond donors (Lipinski definition) is 2. The van der Waals surface area contributed by atoms with Crippen molar-refractivity contribution in [3.05, 3.63) is 45.1 Å². The van der Waals surface area contributed by atoms with Gasteiger partial charge in [0.05, 0.1) is 26.0 Å². The summed E-state index contributed by atoms with van der Waals surface area (Å²) in [5.41, 5.74) is 0.825. The van der Waals surface area contributed by atoms with E-state index in [1.165, 1.54) is 18.3 Å². The van der Waals surface area contributed by atoms with Crippen LogP contribution in [0.4, 0.5) is 5.69 Å². The van der Waals surface area contributed by atoms with Crippen molar-refractivity contribution in [3.63, 3.8) is 0 Å². The first-order chi connectivity index (χ1) is 21.8. The van der Waals surface area contributed by atoms with Gasteiger partial charge < -0.3 is 10.0 Å². The largest absolute Gasteiger partial charge is 0.481 e. The number of hydrogen-bond acceptors (Lipinski definition) is 7. The number of anilines is 1. The number of carbonyl (C=O) groups is 1. The quantitative estimate of drug-likeness (QED) is 0.245. The van der Waals surface area contributed by atoms with Gasteiger partial charge in [0.25, 0.3) is 0 Å². The minimum absolute atomic E-state index is 0.0899. The number of piperidine rings is 2. The van der Waals surface area contributed by atoms with E-state index in [0.717, 1.165) is 63.7 Å². The Morgan fingerprint density at radius 2 is 1.59 bits per heavy atom. The highest BCUT2D eigenvalue weighted by molar-refractivity contribution is 9.10. The van der Waals surface area contributed by atoms with Crippen molar-refractivity contribution in [1.82, 2.24) is 14.0 Å². The average molecular weight is 781 g/mol. The Kier molecular flexibility index (Phi) is 12.0. The molecule has 1 aromatic heterocycles. The molecule has 10 nitrogen and oxygen atoms in total. The van der Waals surface area contributed by atoms with Gasteiger partial charge in [-0.05, 0) is 97.0 Å². The predicted octanol–water partition coefficient (Wildman–Crippen LogP) is 6.56. The molecule has 1 aliphatic carbocycles. The molecule has 2 aliphatic heterocycles. The van der Waals surface area contributed by atoms with Gasteiger partial charge in [-0.2, -0.15) is 4.31 Å². The summed E-state index contributed by atoms with van der Waals surface area (Å²) in [5.74, 6) is -0.280. The average Bonchev–Trinajstić information content (AvgIpc) is 3.03. The summed E-state index contributed by atoms with van der Waals surface area (Å²) in [7, 11) is -7.42. The monoisotopic (exact) mass is 778 g/mol. The first-order valence-corrected chi connectivity index (χ1v) is 20.4. The lowest BCUT2D eigenvalue weighted by molar-refractivity contribution is -0.143. The first kappa shape index (κ1) is 35.8. The molecule has 3 aliphatic rings. The summed E-state index contributed by atoms with van der Waals surface area (Å²) in [6.07, 6.45) is 10.6. The molecule has 2 N–H and O–H groups in total. The number of carboxylic acids is 1. The van der Waals surface area contributed by atoms with Crippen molar-refractivity contribution in [1.29, 1.82) is 0 Å². The van der Waals surface area contributed by atoms with Crippen LogP contribution in [0.15, 0.2) is 44.7 Å². The van der Waals surface area contributed by atoms with Gasteiger partial charge in [-0.3, -0.25) is 4.79 Å². The van der Waals surface area contributed by atoms with Gasteiger partial charge in [-0.1, -0.05) is 48.9 Å². The number of rotatable bonds is 11. The highest BCUT2D eigenvalue weighted by Crippen LogP contribution is 2.35. The van der Waals surface area contributed by atoms with Crippen LogP contribution in [0.2, 0.25) is 10.2 Å². The van der Waals surface area contributed by atoms with Gasteiger partial charge in [0, 0.05) is 38.4 Å². The molecule has 254 valence electrons. The van der Waals surface area contributed by atoms with Crippen LogP contribution in [0.1, 0.15) is 70.6 Å². The lowest BCUT2D eigenvalue weighted by Crippen LogP contribution is -2.40. The second kappa shape index (κ2) is 15.4. The Balaban J connectivity index is 1.04. The topological polar surface area (TPSA) is 137 Å². The summed E-state index contributed by atoms with van der Waals surface area (Å²) < 4.78 is 56.9. The maximum atomic E-state index is 13.1. The molecule has 0 bridgehead atoms. The third-order valence-corrected chi connectivity index (χ3v) is 14.6. The zero-order chi connectivity index (χ0) is 33.1. The third kappa shape index (κ3) is 8.75. The number of carboxylic acid groups (broad SMARTS) is 1. The van der Waals surface area contributed by atoms with Crippen LogP contribution < -0.4 is 9.62 Å². The van der Waals surface area contributed by atoms with Gasteiger partial charge in [0.1, 0.15) is 10.0 Å². The van der Waals surface area contributed by atoms with Crippen LogP contribution in [-0.4, -0.2) is 69.4 Å². The molecule has 1 aromatic carbocycles. The van der Waals surface area contributed by atoms with Gasteiger partial charge >= 0.3 is 5.97 Å². The Morgan fingerprint density at radius 1 is 0.935 bits per heavy atom. The van der Waals surface area contributed by atoms with E-state index >= 15 is 0 Å². The number of aliphatic carboxylic acids is 1. The normalized spacial score (nSPS) is 22.6. The Hall–Kier alpha value is -1.48. The summed E-state index contributed by atoms with van der Waals surface area (Å²) in [5, 5.41) is 9.95. The van der Waals surface area contributed by atoms with Gasteiger partial charge in [-0.15, -0.1) is 0 Å². The van der Waals surface area contributed by atoms with Crippen molar-refractivity contribution in [2.24, 2.45) is 17.8 Å². The SMILES string of the molecule is O=C(O)C1CCCC(NS(=O)(=O)c2ccc(N3CCC(CCCC4CCN(S(=O)(=O)c5cnc(Cl)c(Br)c5)CC4)CC3)c(Cl)c2)C1. The van der Waals surface area contributed by atoms with Crippen LogP contribution in [0.5, 0.6) is 0 Å². The van der Waals surface area contributed by atoms with Crippen molar-refractivity contribution in [2.45, 2.75) is 86.5 Å². The number of sulfonamides is 2. The molecule has 1 saturated carbocycles. The molecule has 3 fully saturated rings. The maximum absolute atomic E-state index is 13.1. The molecule has 2 atom stereocenters. The van der Waals surface area contributed by atoms with E-state index in [4.69, 9.17) is 23.2 Å². The number of pyridine rings is 1. The van der Waals surface area contributed by atoms with E-state index in [0.29, 0.717) is 60.1 Å². The molecular formula is C31H41BrCl2N4O6S2. The second-order valence-electron chi connectivity index (χ2n) is 12.8. The fourth-order valence-corrected chi connectivity index (χ4v) is 10.7.